The highest BCUT2D eigenvalue weighted by atomic mass is 32.2. The number of rotatable bonds is 5. The number of hydrogen-bond acceptors (Lipinski definition) is 3. The second-order valence-corrected chi connectivity index (χ2v) is 6.57. The van der Waals surface area contributed by atoms with E-state index in [-0.39, 0.29) is 6.04 Å². The molecular weight excluding hydrogens is 250 g/mol. The summed E-state index contributed by atoms with van der Waals surface area (Å²) in [4.78, 5) is 0. The van der Waals surface area contributed by atoms with Crippen LogP contribution in [0.15, 0.2) is 24.3 Å². The van der Waals surface area contributed by atoms with Crippen LogP contribution in [-0.4, -0.2) is 32.9 Å². The standard InChI is InChI=1S/C12H21N3O2S/c1-10(2)15(18(16,17)14(3)4)12-7-5-11(9-13)6-8-12/h5-8,10H,9,13H2,1-4H3. The number of anilines is 1. The third-order valence-corrected chi connectivity index (χ3v) is 4.66. The van der Waals surface area contributed by atoms with E-state index >= 15 is 0 Å². The van der Waals surface area contributed by atoms with Gasteiger partial charge in [-0.3, -0.25) is 4.31 Å². The van der Waals surface area contributed by atoms with Crippen LogP contribution in [0.5, 0.6) is 0 Å². The fourth-order valence-electron chi connectivity index (χ4n) is 1.65. The van der Waals surface area contributed by atoms with E-state index in [2.05, 4.69) is 0 Å². The smallest absolute Gasteiger partial charge is 0.303 e. The van der Waals surface area contributed by atoms with Gasteiger partial charge in [0, 0.05) is 26.7 Å². The van der Waals surface area contributed by atoms with Crippen molar-refractivity contribution in [2.24, 2.45) is 5.73 Å². The van der Waals surface area contributed by atoms with Gasteiger partial charge in [0.25, 0.3) is 0 Å². The normalized spacial score (nSPS) is 12.2. The Morgan fingerprint density at radius 3 is 2.00 bits per heavy atom. The van der Waals surface area contributed by atoms with Crippen LogP contribution in [0, 0.1) is 0 Å². The quantitative estimate of drug-likeness (QED) is 0.874. The summed E-state index contributed by atoms with van der Waals surface area (Å²) in [5.41, 5.74) is 7.16. The molecule has 5 nitrogen and oxygen atoms in total. The van der Waals surface area contributed by atoms with E-state index in [1.165, 1.54) is 22.7 Å². The molecule has 2 N–H and O–H groups in total. The molecule has 102 valence electrons. The Balaban J connectivity index is 3.21. The van der Waals surface area contributed by atoms with Gasteiger partial charge >= 0.3 is 10.2 Å². The van der Waals surface area contributed by atoms with Crippen molar-refractivity contribution in [3.8, 4) is 0 Å². The molecule has 0 atom stereocenters. The molecule has 0 saturated heterocycles. The minimum absolute atomic E-state index is 0.152. The highest BCUT2D eigenvalue weighted by molar-refractivity contribution is 7.90. The molecular formula is C12H21N3O2S. The van der Waals surface area contributed by atoms with Gasteiger partial charge in [0.1, 0.15) is 0 Å². The molecule has 1 aromatic rings. The predicted molar refractivity (Wildman–Crippen MR) is 74.6 cm³/mol. The average molecular weight is 271 g/mol. The maximum Gasteiger partial charge on any atom is 0.303 e. The third-order valence-electron chi connectivity index (χ3n) is 2.61. The molecule has 0 aromatic heterocycles. The van der Waals surface area contributed by atoms with Gasteiger partial charge < -0.3 is 5.73 Å². The van der Waals surface area contributed by atoms with Crippen LogP contribution in [0.25, 0.3) is 0 Å². The second kappa shape index (κ2) is 5.69. The topological polar surface area (TPSA) is 66.6 Å². The van der Waals surface area contributed by atoms with Crippen LogP contribution in [0.4, 0.5) is 5.69 Å². The Bertz CT molecular complexity index is 481. The molecule has 0 spiro atoms. The Kier molecular flexibility index (Phi) is 4.72. The molecule has 0 amide bonds. The summed E-state index contributed by atoms with van der Waals surface area (Å²) in [7, 11) is -0.422. The van der Waals surface area contributed by atoms with Gasteiger partial charge in [-0.25, -0.2) is 0 Å². The van der Waals surface area contributed by atoms with Crippen LogP contribution in [-0.2, 0) is 16.8 Å². The summed E-state index contributed by atoms with van der Waals surface area (Å²) in [6.07, 6.45) is 0. The monoisotopic (exact) mass is 271 g/mol. The molecule has 0 aliphatic carbocycles. The van der Waals surface area contributed by atoms with Crippen molar-refractivity contribution in [1.29, 1.82) is 0 Å². The van der Waals surface area contributed by atoms with Crippen molar-refractivity contribution in [3.63, 3.8) is 0 Å². The second-order valence-electron chi connectivity index (χ2n) is 4.55. The fraction of sp³-hybridized carbons (Fsp3) is 0.500. The van der Waals surface area contributed by atoms with Crippen LogP contribution in [0.1, 0.15) is 19.4 Å². The van der Waals surface area contributed by atoms with E-state index in [0.29, 0.717) is 12.2 Å². The van der Waals surface area contributed by atoms with E-state index < -0.39 is 10.2 Å². The highest BCUT2D eigenvalue weighted by Gasteiger charge is 2.27. The van der Waals surface area contributed by atoms with E-state index in [4.69, 9.17) is 5.73 Å². The number of nitrogens with two attached hydrogens (primary N) is 1. The van der Waals surface area contributed by atoms with Gasteiger partial charge in [0.05, 0.1) is 5.69 Å². The van der Waals surface area contributed by atoms with Crippen molar-refractivity contribution in [1.82, 2.24) is 4.31 Å². The number of nitrogens with zero attached hydrogens (tertiary/aromatic N) is 2. The maximum absolute atomic E-state index is 12.3. The highest BCUT2D eigenvalue weighted by Crippen LogP contribution is 2.22. The lowest BCUT2D eigenvalue weighted by Crippen LogP contribution is -2.44. The number of benzene rings is 1. The lowest BCUT2D eigenvalue weighted by atomic mass is 10.2. The molecule has 18 heavy (non-hydrogen) atoms. The molecule has 0 heterocycles. The molecule has 0 saturated carbocycles. The van der Waals surface area contributed by atoms with E-state index in [0.717, 1.165) is 5.56 Å². The van der Waals surface area contributed by atoms with Crippen LogP contribution in [0.3, 0.4) is 0 Å². The summed E-state index contributed by atoms with van der Waals surface area (Å²) in [5, 5.41) is 0. The van der Waals surface area contributed by atoms with Crippen molar-refractivity contribution in [3.05, 3.63) is 29.8 Å². The van der Waals surface area contributed by atoms with Crippen molar-refractivity contribution < 1.29 is 8.42 Å². The Labute approximate surface area is 109 Å². The molecule has 0 fully saturated rings. The first-order valence-electron chi connectivity index (χ1n) is 5.81. The van der Waals surface area contributed by atoms with Gasteiger partial charge in [-0.15, -0.1) is 0 Å². The molecule has 0 aliphatic rings. The fourth-order valence-corrected chi connectivity index (χ4v) is 2.93. The van der Waals surface area contributed by atoms with Crippen LogP contribution < -0.4 is 10.0 Å². The zero-order valence-corrected chi connectivity index (χ0v) is 12.1. The molecule has 0 bridgehead atoms. The van der Waals surface area contributed by atoms with Gasteiger partial charge in [-0.2, -0.15) is 12.7 Å². The average Bonchev–Trinajstić information content (AvgIpc) is 2.29. The first-order valence-corrected chi connectivity index (χ1v) is 7.21. The summed E-state index contributed by atoms with van der Waals surface area (Å²) >= 11 is 0. The zero-order valence-electron chi connectivity index (χ0n) is 11.3. The zero-order chi connectivity index (χ0) is 13.9. The number of hydrogen-bond donors (Lipinski definition) is 1. The third kappa shape index (κ3) is 3.01. The lowest BCUT2D eigenvalue weighted by Gasteiger charge is -2.30. The van der Waals surface area contributed by atoms with Crippen molar-refractivity contribution in [2.45, 2.75) is 26.4 Å². The first kappa shape index (κ1) is 14.9. The molecule has 0 unspecified atom stereocenters. The van der Waals surface area contributed by atoms with Gasteiger partial charge in [-0.05, 0) is 31.5 Å². The summed E-state index contributed by atoms with van der Waals surface area (Å²) in [6.45, 7) is 4.14. The van der Waals surface area contributed by atoms with Gasteiger partial charge in [0.2, 0.25) is 0 Å². The Morgan fingerprint density at radius 1 is 1.17 bits per heavy atom. The molecule has 0 aliphatic heterocycles. The van der Waals surface area contributed by atoms with E-state index in [1.807, 2.05) is 26.0 Å². The Hall–Kier alpha value is -1.11. The van der Waals surface area contributed by atoms with E-state index in [9.17, 15) is 8.42 Å². The van der Waals surface area contributed by atoms with E-state index in [1.54, 1.807) is 12.1 Å². The van der Waals surface area contributed by atoms with Crippen molar-refractivity contribution in [2.75, 3.05) is 18.4 Å². The minimum Gasteiger partial charge on any atom is -0.326 e. The summed E-state index contributed by atoms with van der Waals surface area (Å²) in [5.74, 6) is 0. The van der Waals surface area contributed by atoms with Crippen LogP contribution >= 0.6 is 0 Å². The lowest BCUT2D eigenvalue weighted by molar-refractivity contribution is 0.510. The summed E-state index contributed by atoms with van der Waals surface area (Å²) in [6, 6.07) is 7.10. The maximum atomic E-state index is 12.3. The SMILES string of the molecule is CC(C)N(c1ccc(CN)cc1)S(=O)(=O)N(C)C. The molecule has 1 rings (SSSR count). The molecule has 0 radical (unpaired) electrons. The van der Waals surface area contributed by atoms with Crippen LogP contribution in [0.2, 0.25) is 0 Å². The predicted octanol–water partition coefficient (Wildman–Crippen LogP) is 1.17. The summed E-state index contributed by atoms with van der Waals surface area (Å²) < 4.78 is 27.1. The Morgan fingerprint density at radius 2 is 1.67 bits per heavy atom. The largest absolute Gasteiger partial charge is 0.326 e. The minimum atomic E-state index is -3.48. The molecule has 6 heteroatoms. The van der Waals surface area contributed by atoms with Crippen molar-refractivity contribution >= 4 is 15.9 Å². The van der Waals surface area contributed by atoms with Gasteiger partial charge in [0.15, 0.2) is 0 Å². The first-order chi connectivity index (χ1) is 8.30. The van der Waals surface area contributed by atoms with Gasteiger partial charge in [-0.1, -0.05) is 12.1 Å². The molecule has 1 aromatic carbocycles.